The molecule has 0 spiro atoms. The van der Waals surface area contributed by atoms with Gasteiger partial charge in [-0.15, -0.1) is 0 Å². The number of amides is 2. The SMILES string of the molecule is CC1CCN(C(=O)NC(C)CCC(=O)O)CC1. The molecule has 2 N–H and O–H groups in total. The van der Waals surface area contributed by atoms with Gasteiger partial charge < -0.3 is 15.3 Å². The van der Waals surface area contributed by atoms with Gasteiger partial charge in [0.25, 0.3) is 0 Å². The molecule has 1 fully saturated rings. The molecule has 2 amide bonds. The molecule has 0 bridgehead atoms. The van der Waals surface area contributed by atoms with Crippen molar-refractivity contribution in [2.24, 2.45) is 5.92 Å². The first kappa shape index (κ1) is 13.8. The van der Waals surface area contributed by atoms with E-state index in [0.717, 1.165) is 25.9 Å². The minimum absolute atomic E-state index is 0.0604. The summed E-state index contributed by atoms with van der Waals surface area (Å²) in [6.45, 7) is 5.65. The molecule has 1 aliphatic heterocycles. The molecule has 1 saturated heterocycles. The molecule has 5 heteroatoms. The fraction of sp³-hybridized carbons (Fsp3) is 0.833. The zero-order valence-corrected chi connectivity index (χ0v) is 10.6. The highest BCUT2D eigenvalue weighted by Gasteiger charge is 2.21. The third-order valence-electron chi connectivity index (χ3n) is 3.23. The summed E-state index contributed by atoms with van der Waals surface area (Å²) in [6, 6.07) is -0.146. The summed E-state index contributed by atoms with van der Waals surface area (Å²) in [4.78, 5) is 24.0. The summed E-state index contributed by atoms with van der Waals surface area (Å²) in [5, 5.41) is 11.4. The zero-order valence-electron chi connectivity index (χ0n) is 10.6. The molecule has 17 heavy (non-hydrogen) atoms. The summed E-state index contributed by atoms with van der Waals surface area (Å²) >= 11 is 0. The Morgan fingerprint density at radius 3 is 2.53 bits per heavy atom. The van der Waals surface area contributed by atoms with Crippen LogP contribution in [0.3, 0.4) is 0 Å². The van der Waals surface area contributed by atoms with Crippen LogP contribution in [0.15, 0.2) is 0 Å². The van der Waals surface area contributed by atoms with E-state index in [1.807, 2.05) is 11.8 Å². The first-order valence-corrected chi connectivity index (χ1v) is 6.26. The molecule has 0 aromatic carbocycles. The molecule has 0 aromatic heterocycles. The van der Waals surface area contributed by atoms with Gasteiger partial charge in [0.15, 0.2) is 0 Å². The van der Waals surface area contributed by atoms with Crippen LogP contribution in [-0.4, -0.2) is 41.1 Å². The molecule has 1 aliphatic rings. The highest BCUT2D eigenvalue weighted by Crippen LogP contribution is 2.15. The number of carbonyl (C=O) groups excluding carboxylic acids is 1. The summed E-state index contributed by atoms with van der Waals surface area (Å²) in [5.74, 6) is -0.124. The number of hydrogen-bond donors (Lipinski definition) is 2. The number of carboxylic acids is 1. The Morgan fingerprint density at radius 2 is 2.00 bits per heavy atom. The van der Waals surface area contributed by atoms with Gasteiger partial charge in [-0.25, -0.2) is 4.79 Å². The summed E-state index contributed by atoms with van der Waals surface area (Å²) in [7, 11) is 0. The number of carboxylic acid groups (broad SMARTS) is 1. The molecule has 1 unspecified atom stereocenters. The molecule has 1 atom stereocenters. The molecule has 1 rings (SSSR count). The van der Waals surface area contributed by atoms with Crippen LogP contribution in [0, 0.1) is 5.92 Å². The quantitative estimate of drug-likeness (QED) is 0.788. The van der Waals surface area contributed by atoms with E-state index in [0.29, 0.717) is 12.3 Å². The lowest BCUT2D eigenvalue weighted by molar-refractivity contribution is -0.137. The van der Waals surface area contributed by atoms with Gasteiger partial charge in [0, 0.05) is 25.6 Å². The van der Waals surface area contributed by atoms with Crippen molar-refractivity contribution in [3.63, 3.8) is 0 Å². The number of nitrogens with zero attached hydrogens (tertiary/aromatic N) is 1. The molecule has 5 nitrogen and oxygen atoms in total. The first-order chi connectivity index (χ1) is 7.99. The Balaban J connectivity index is 2.26. The molecule has 0 saturated carbocycles. The van der Waals surface area contributed by atoms with E-state index in [-0.39, 0.29) is 18.5 Å². The van der Waals surface area contributed by atoms with E-state index in [1.54, 1.807) is 0 Å². The van der Waals surface area contributed by atoms with Crippen LogP contribution in [0.25, 0.3) is 0 Å². The Kier molecular flexibility index (Phi) is 5.25. The lowest BCUT2D eigenvalue weighted by Gasteiger charge is -2.31. The maximum atomic E-state index is 11.8. The van der Waals surface area contributed by atoms with Crippen molar-refractivity contribution in [1.82, 2.24) is 10.2 Å². The van der Waals surface area contributed by atoms with Gasteiger partial charge in [-0.1, -0.05) is 6.92 Å². The van der Waals surface area contributed by atoms with E-state index >= 15 is 0 Å². The van der Waals surface area contributed by atoms with E-state index in [9.17, 15) is 9.59 Å². The second-order valence-corrected chi connectivity index (χ2v) is 4.95. The Bertz CT molecular complexity index is 273. The van der Waals surface area contributed by atoms with Gasteiger partial charge in [0.2, 0.25) is 0 Å². The van der Waals surface area contributed by atoms with Crippen LogP contribution in [0.5, 0.6) is 0 Å². The molecular weight excluding hydrogens is 220 g/mol. The van der Waals surface area contributed by atoms with Gasteiger partial charge in [-0.3, -0.25) is 4.79 Å². The average molecular weight is 242 g/mol. The van der Waals surface area contributed by atoms with Crippen molar-refractivity contribution in [1.29, 1.82) is 0 Å². The monoisotopic (exact) mass is 242 g/mol. The summed E-state index contributed by atoms with van der Waals surface area (Å²) in [5.41, 5.74) is 0. The minimum Gasteiger partial charge on any atom is -0.481 e. The van der Waals surface area contributed by atoms with Crippen molar-refractivity contribution in [2.45, 2.75) is 45.6 Å². The fourth-order valence-electron chi connectivity index (χ4n) is 1.93. The predicted octanol–water partition coefficient (Wildman–Crippen LogP) is 1.68. The fourth-order valence-corrected chi connectivity index (χ4v) is 1.93. The second-order valence-electron chi connectivity index (χ2n) is 4.95. The van der Waals surface area contributed by atoms with Crippen LogP contribution >= 0.6 is 0 Å². The molecule has 1 heterocycles. The van der Waals surface area contributed by atoms with Gasteiger partial charge >= 0.3 is 12.0 Å². The molecule has 0 aromatic rings. The van der Waals surface area contributed by atoms with Gasteiger partial charge in [0.1, 0.15) is 0 Å². The van der Waals surface area contributed by atoms with Crippen LogP contribution in [0.1, 0.15) is 39.5 Å². The van der Waals surface area contributed by atoms with Crippen molar-refractivity contribution in [3.05, 3.63) is 0 Å². The predicted molar refractivity (Wildman–Crippen MR) is 64.8 cm³/mol. The number of likely N-dealkylation sites (tertiary alicyclic amines) is 1. The van der Waals surface area contributed by atoms with Gasteiger partial charge in [-0.05, 0) is 32.1 Å². The Hall–Kier alpha value is -1.26. The largest absolute Gasteiger partial charge is 0.481 e. The third-order valence-corrected chi connectivity index (χ3v) is 3.23. The normalized spacial score (nSPS) is 18.8. The van der Waals surface area contributed by atoms with Crippen LogP contribution in [0.4, 0.5) is 4.79 Å². The first-order valence-electron chi connectivity index (χ1n) is 6.26. The number of hydrogen-bond acceptors (Lipinski definition) is 2. The lowest BCUT2D eigenvalue weighted by atomic mass is 10.00. The smallest absolute Gasteiger partial charge is 0.317 e. The number of carbonyl (C=O) groups is 2. The van der Waals surface area contributed by atoms with Crippen molar-refractivity contribution >= 4 is 12.0 Å². The van der Waals surface area contributed by atoms with Crippen molar-refractivity contribution in [3.8, 4) is 0 Å². The van der Waals surface area contributed by atoms with Gasteiger partial charge in [0.05, 0.1) is 0 Å². The van der Waals surface area contributed by atoms with Gasteiger partial charge in [-0.2, -0.15) is 0 Å². The molecule has 0 radical (unpaired) electrons. The molecular formula is C12H22N2O3. The number of urea groups is 1. The zero-order chi connectivity index (χ0) is 12.8. The van der Waals surface area contributed by atoms with E-state index in [1.165, 1.54) is 0 Å². The minimum atomic E-state index is -0.821. The highest BCUT2D eigenvalue weighted by molar-refractivity contribution is 5.74. The summed E-state index contributed by atoms with van der Waals surface area (Å²) in [6.07, 6.45) is 2.68. The lowest BCUT2D eigenvalue weighted by Crippen LogP contribution is -2.47. The number of rotatable bonds is 4. The van der Waals surface area contributed by atoms with Crippen molar-refractivity contribution < 1.29 is 14.7 Å². The van der Waals surface area contributed by atoms with Crippen LogP contribution in [-0.2, 0) is 4.79 Å². The number of piperidine rings is 1. The standard InChI is InChI=1S/C12H22N2O3/c1-9-5-7-14(8-6-9)12(17)13-10(2)3-4-11(15)16/h9-10H,3-8H2,1-2H3,(H,13,17)(H,15,16). The Labute approximate surface area is 102 Å². The second kappa shape index (κ2) is 6.47. The average Bonchev–Trinajstić information content (AvgIpc) is 2.27. The van der Waals surface area contributed by atoms with E-state index in [2.05, 4.69) is 12.2 Å². The number of aliphatic carboxylic acids is 1. The maximum absolute atomic E-state index is 11.8. The van der Waals surface area contributed by atoms with E-state index < -0.39 is 5.97 Å². The highest BCUT2D eigenvalue weighted by atomic mass is 16.4. The summed E-state index contributed by atoms with van der Waals surface area (Å²) < 4.78 is 0. The third kappa shape index (κ3) is 5.06. The topological polar surface area (TPSA) is 69.6 Å². The van der Waals surface area contributed by atoms with E-state index in [4.69, 9.17) is 5.11 Å². The number of nitrogens with one attached hydrogen (secondary N) is 1. The Morgan fingerprint density at radius 1 is 1.41 bits per heavy atom. The van der Waals surface area contributed by atoms with Crippen LogP contribution in [0.2, 0.25) is 0 Å². The van der Waals surface area contributed by atoms with Crippen LogP contribution < -0.4 is 5.32 Å². The molecule has 0 aliphatic carbocycles. The molecule has 98 valence electrons. The maximum Gasteiger partial charge on any atom is 0.317 e. The van der Waals surface area contributed by atoms with Crippen molar-refractivity contribution in [2.75, 3.05) is 13.1 Å².